The molecule has 0 unspecified atom stereocenters. The van der Waals surface area contributed by atoms with Crippen LogP contribution in [-0.4, -0.2) is 28.9 Å². The summed E-state index contributed by atoms with van der Waals surface area (Å²) in [6.45, 7) is 0. The third-order valence-electron chi connectivity index (χ3n) is 2.23. The van der Waals surface area contributed by atoms with Crippen LogP contribution in [-0.2, 0) is 0 Å². The van der Waals surface area contributed by atoms with Gasteiger partial charge in [0, 0.05) is 17.5 Å². The molecule has 0 bridgehead atoms. The van der Waals surface area contributed by atoms with E-state index in [0.29, 0.717) is 0 Å². The van der Waals surface area contributed by atoms with Gasteiger partial charge in [-0.15, -0.1) is 0 Å². The molecular weight excluding hydrogens is 174 g/mol. The fourth-order valence-corrected chi connectivity index (χ4v) is 2.59. The van der Waals surface area contributed by atoms with Crippen LogP contribution in [0.3, 0.4) is 0 Å². The molecular formula is C8H17NS2. The monoisotopic (exact) mass is 191 g/mol. The molecule has 3 heteroatoms. The fraction of sp³-hybridized carbons (Fsp3) is 1.00. The normalized spacial score (nSPS) is 19.9. The van der Waals surface area contributed by atoms with Gasteiger partial charge in [0.25, 0.3) is 0 Å². The lowest BCUT2D eigenvalue weighted by atomic mass is 10.3. The Hall–Kier alpha value is 0.660. The van der Waals surface area contributed by atoms with Crippen LogP contribution in [0.15, 0.2) is 0 Å². The minimum Gasteiger partial charge on any atom is -0.251 e. The van der Waals surface area contributed by atoms with Gasteiger partial charge in [0.1, 0.15) is 0 Å². The lowest BCUT2D eigenvalue weighted by Gasteiger charge is -2.21. The topological polar surface area (TPSA) is 3.24 Å². The van der Waals surface area contributed by atoms with E-state index in [4.69, 9.17) is 0 Å². The molecule has 66 valence electrons. The molecule has 0 saturated heterocycles. The second kappa shape index (κ2) is 5.33. The Morgan fingerprint density at radius 2 is 2.09 bits per heavy atom. The van der Waals surface area contributed by atoms with Gasteiger partial charge in [-0.2, -0.15) is 12.6 Å². The molecule has 0 heterocycles. The molecule has 0 aromatic heterocycles. The number of rotatable bonds is 4. The average Bonchev–Trinajstić information content (AvgIpc) is 2.52. The van der Waals surface area contributed by atoms with Crippen molar-refractivity contribution in [1.82, 2.24) is 4.31 Å². The highest BCUT2D eigenvalue weighted by Gasteiger charge is 2.19. The van der Waals surface area contributed by atoms with E-state index in [9.17, 15) is 0 Å². The zero-order valence-corrected chi connectivity index (χ0v) is 8.83. The number of thiol groups is 1. The van der Waals surface area contributed by atoms with Crippen molar-refractivity contribution in [2.24, 2.45) is 0 Å². The first-order chi connectivity index (χ1) is 5.34. The summed E-state index contributed by atoms with van der Waals surface area (Å²) >= 11 is 6.12. The van der Waals surface area contributed by atoms with Crippen LogP contribution in [0.1, 0.15) is 25.7 Å². The summed E-state index contributed by atoms with van der Waals surface area (Å²) in [7, 11) is 2.21. The molecule has 1 saturated carbocycles. The molecule has 0 radical (unpaired) electrons. The van der Waals surface area contributed by atoms with Crippen LogP contribution >= 0.6 is 24.6 Å². The smallest absolute Gasteiger partial charge is 0.0199 e. The van der Waals surface area contributed by atoms with Crippen molar-refractivity contribution >= 4 is 24.6 Å². The van der Waals surface area contributed by atoms with Crippen LogP contribution in [0.2, 0.25) is 0 Å². The van der Waals surface area contributed by atoms with Gasteiger partial charge in [0.2, 0.25) is 0 Å². The summed E-state index contributed by atoms with van der Waals surface area (Å²) in [5, 5.41) is 0. The highest BCUT2D eigenvalue weighted by Crippen LogP contribution is 2.26. The molecule has 0 aliphatic heterocycles. The van der Waals surface area contributed by atoms with Crippen LogP contribution < -0.4 is 0 Å². The summed E-state index contributed by atoms with van der Waals surface area (Å²) < 4.78 is 2.42. The van der Waals surface area contributed by atoms with E-state index in [-0.39, 0.29) is 0 Å². The lowest BCUT2D eigenvalue weighted by Crippen LogP contribution is -2.22. The predicted octanol–water partition coefficient (Wildman–Crippen LogP) is 2.44. The molecule has 0 N–H and O–H groups in total. The summed E-state index contributed by atoms with van der Waals surface area (Å²) in [5.74, 6) is 2.14. The molecule has 1 aliphatic rings. The maximum atomic E-state index is 4.19. The van der Waals surface area contributed by atoms with Crippen molar-refractivity contribution in [2.75, 3.05) is 18.6 Å². The molecule has 0 atom stereocenters. The van der Waals surface area contributed by atoms with Crippen molar-refractivity contribution in [3.8, 4) is 0 Å². The molecule has 0 aromatic carbocycles. The van der Waals surface area contributed by atoms with Crippen molar-refractivity contribution < 1.29 is 0 Å². The summed E-state index contributed by atoms with van der Waals surface area (Å²) in [6, 6.07) is 0.847. The second-order valence-corrected chi connectivity index (χ2v) is 4.73. The van der Waals surface area contributed by atoms with Crippen LogP contribution in [0.5, 0.6) is 0 Å². The van der Waals surface area contributed by atoms with E-state index in [1.807, 2.05) is 11.9 Å². The van der Waals surface area contributed by atoms with E-state index in [1.54, 1.807) is 0 Å². The standard InChI is InChI=1S/C8H17NS2/c1-9(11-7-6-10)8-4-2-3-5-8/h8,10H,2-7H2,1H3. The molecule has 1 fully saturated rings. The Kier molecular flexibility index (Phi) is 4.72. The third kappa shape index (κ3) is 3.26. The molecule has 1 aliphatic carbocycles. The van der Waals surface area contributed by atoms with Crippen LogP contribution in [0.25, 0.3) is 0 Å². The summed E-state index contributed by atoms with van der Waals surface area (Å²) in [4.78, 5) is 0. The van der Waals surface area contributed by atoms with Crippen LogP contribution in [0, 0.1) is 0 Å². The Balaban J connectivity index is 2.12. The van der Waals surface area contributed by atoms with Crippen LogP contribution in [0.4, 0.5) is 0 Å². The van der Waals surface area contributed by atoms with Gasteiger partial charge in [-0.3, -0.25) is 4.31 Å². The van der Waals surface area contributed by atoms with Gasteiger partial charge >= 0.3 is 0 Å². The highest BCUT2D eigenvalue weighted by molar-refractivity contribution is 7.97. The molecule has 1 rings (SSSR count). The quantitative estimate of drug-likeness (QED) is 0.537. The second-order valence-electron chi connectivity index (χ2n) is 3.04. The molecule has 0 aromatic rings. The fourth-order valence-electron chi connectivity index (χ4n) is 1.56. The Labute approximate surface area is 79.5 Å². The Morgan fingerprint density at radius 3 is 2.64 bits per heavy atom. The minimum absolute atomic E-state index is 0.847. The van der Waals surface area contributed by atoms with E-state index in [1.165, 1.54) is 25.7 Å². The Morgan fingerprint density at radius 1 is 1.45 bits per heavy atom. The number of hydrogen-bond donors (Lipinski definition) is 1. The van der Waals surface area contributed by atoms with E-state index < -0.39 is 0 Å². The Bertz CT molecular complexity index is 102. The third-order valence-corrected chi connectivity index (χ3v) is 3.84. The molecule has 0 spiro atoms. The average molecular weight is 191 g/mol. The van der Waals surface area contributed by atoms with Crippen molar-refractivity contribution in [2.45, 2.75) is 31.7 Å². The first-order valence-corrected chi connectivity index (χ1v) is 5.88. The summed E-state index contributed by atoms with van der Waals surface area (Å²) in [5.41, 5.74) is 0. The minimum atomic E-state index is 0.847. The van der Waals surface area contributed by atoms with Gasteiger partial charge in [0.05, 0.1) is 0 Å². The van der Waals surface area contributed by atoms with Gasteiger partial charge in [0.15, 0.2) is 0 Å². The highest BCUT2D eigenvalue weighted by atomic mass is 32.2. The number of hydrogen-bond acceptors (Lipinski definition) is 3. The maximum absolute atomic E-state index is 4.19. The first-order valence-electron chi connectivity index (χ1n) is 4.31. The zero-order chi connectivity index (χ0) is 8.10. The molecule has 11 heavy (non-hydrogen) atoms. The first kappa shape index (κ1) is 9.75. The molecule has 1 nitrogen and oxygen atoms in total. The largest absolute Gasteiger partial charge is 0.251 e. The van der Waals surface area contributed by atoms with Crippen molar-refractivity contribution in [1.29, 1.82) is 0 Å². The van der Waals surface area contributed by atoms with Gasteiger partial charge in [-0.1, -0.05) is 24.8 Å². The SMILES string of the molecule is CN(SCCS)C1CCCC1. The maximum Gasteiger partial charge on any atom is 0.0199 e. The van der Waals surface area contributed by atoms with Gasteiger partial charge in [-0.05, 0) is 19.9 Å². The van der Waals surface area contributed by atoms with E-state index >= 15 is 0 Å². The molecule has 0 amide bonds. The van der Waals surface area contributed by atoms with Gasteiger partial charge < -0.3 is 0 Å². The van der Waals surface area contributed by atoms with E-state index in [0.717, 1.165) is 17.5 Å². The summed E-state index contributed by atoms with van der Waals surface area (Å²) in [6.07, 6.45) is 5.65. The predicted molar refractivity (Wildman–Crippen MR) is 56.3 cm³/mol. The van der Waals surface area contributed by atoms with Crippen molar-refractivity contribution in [3.05, 3.63) is 0 Å². The van der Waals surface area contributed by atoms with E-state index in [2.05, 4.69) is 24.0 Å². The lowest BCUT2D eigenvalue weighted by molar-refractivity contribution is 0.416. The van der Waals surface area contributed by atoms with Gasteiger partial charge in [-0.25, -0.2) is 0 Å². The number of nitrogens with zero attached hydrogens (tertiary/aromatic N) is 1. The zero-order valence-electron chi connectivity index (χ0n) is 7.12. The van der Waals surface area contributed by atoms with Crippen molar-refractivity contribution in [3.63, 3.8) is 0 Å².